The average Bonchev–Trinajstić information content (AvgIpc) is 2.59. The minimum atomic E-state index is 1.15. The molecule has 1 saturated heterocycles. The van der Waals surface area contributed by atoms with Gasteiger partial charge in [0.1, 0.15) is 0 Å². The SMILES string of the molecule is Cc1nc(C)c(CCCN2CCNCC2)s1. The number of aromatic nitrogens is 1. The third kappa shape index (κ3) is 3.27. The molecule has 1 aromatic heterocycles. The minimum absolute atomic E-state index is 1.15. The van der Waals surface area contributed by atoms with Crippen molar-refractivity contribution < 1.29 is 0 Å². The molecule has 1 fully saturated rings. The van der Waals surface area contributed by atoms with Gasteiger partial charge in [0.15, 0.2) is 0 Å². The fraction of sp³-hybridized carbons (Fsp3) is 0.750. The zero-order valence-electron chi connectivity index (χ0n) is 10.3. The van der Waals surface area contributed by atoms with E-state index in [0.717, 1.165) is 13.1 Å². The van der Waals surface area contributed by atoms with Gasteiger partial charge in [-0.15, -0.1) is 11.3 Å². The number of thiazole rings is 1. The Labute approximate surface area is 102 Å². The predicted molar refractivity (Wildman–Crippen MR) is 69.2 cm³/mol. The molecule has 1 aromatic rings. The molecule has 2 rings (SSSR count). The minimum Gasteiger partial charge on any atom is -0.314 e. The maximum absolute atomic E-state index is 4.47. The van der Waals surface area contributed by atoms with E-state index in [4.69, 9.17) is 0 Å². The van der Waals surface area contributed by atoms with Crippen molar-refractivity contribution >= 4 is 11.3 Å². The molecule has 90 valence electrons. The fourth-order valence-corrected chi connectivity index (χ4v) is 3.18. The first-order valence-electron chi connectivity index (χ1n) is 6.11. The Morgan fingerprint density at radius 1 is 1.31 bits per heavy atom. The van der Waals surface area contributed by atoms with Gasteiger partial charge < -0.3 is 10.2 Å². The van der Waals surface area contributed by atoms with Crippen LogP contribution in [-0.2, 0) is 6.42 Å². The molecule has 0 atom stereocenters. The van der Waals surface area contributed by atoms with Crippen molar-refractivity contribution in [2.45, 2.75) is 26.7 Å². The van der Waals surface area contributed by atoms with E-state index in [1.54, 1.807) is 0 Å². The number of hydrogen-bond donors (Lipinski definition) is 1. The van der Waals surface area contributed by atoms with Crippen LogP contribution in [0.4, 0.5) is 0 Å². The lowest BCUT2D eigenvalue weighted by Crippen LogP contribution is -2.43. The molecule has 0 bridgehead atoms. The summed E-state index contributed by atoms with van der Waals surface area (Å²) in [6.07, 6.45) is 2.46. The molecule has 4 heteroatoms. The summed E-state index contributed by atoms with van der Waals surface area (Å²) in [6, 6.07) is 0. The highest BCUT2D eigenvalue weighted by atomic mass is 32.1. The summed E-state index contributed by atoms with van der Waals surface area (Å²) in [6.45, 7) is 10.2. The topological polar surface area (TPSA) is 28.2 Å². The molecule has 1 N–H and O–H groups in total. The monoisotopic (exact) mass is 239 g/mol. The number of nitrogens with one attached hydrogen (secondary N) is 1. The van der Waals surface area contributed by atoms with Gasteiger partial charge in [0.25, 0.3) is 0 Å². The van der Waals surface area contributed by atoms with E-state index in [1.807, 2.05) is 11.3 Å². The first-order valence-corrected chi connectivity index (χ1v) is 6.93. The van der Waals surface area contributed by atoms with Crippen molar-refractivity contribution in [1.29, 1.82) is 0 Å². The zero-order chi connectivity index (χ0) is 11.4. The maximum atomic E-state index is 4.47. The number of piperazine rings is 1. The van der Waals surface area contributed by atoms with E-state index >= 15 is 0 Å². The molecule has 0 aromatic carbocycles. The van der Waals surface area contributed by atoms with Crippen LogP contribution in [0.15, 0.2) is 0 Å². The number of nitrogens with zero attached hydrogens (tertiary/aromatic N) is 2. The van der Waals surface area contributed by atoms with Gasteiger partial charge in [-0.3, -0.25) is 0 Å². The Morgan fingerprint density at radius 2 is 2.06 bits per heavy atom. The van der Waals surface area contributed by atoms with Crippen molar-refractivity contribution in [2.75, 3.05) is 32.7 Å². The van der Waals surface area contributed by atoms with E-state index in [9.17, 15) is 0 Å². The summed E-state index contributed by atoms with van der Waals surface area (Å²) in [4.78, 5) is 8.51. The van der Waals surface area contributed by atoms with Crippen molar-refractivity contribution in [3.63, 3.8) is 0 Å². The lowest BCUT2D eigenvalue weighted by Gasteiger charge is -2.26. The highest BCUT2D eigenvalue weighted by Crippen LogP contribution is 2.18. The standard InChI is InChI=1S/C12H21N3S/c1-10-12(16-11(2)14-10)4-3-7-15-8-5-13-6-9-15/h13H,3-9H2,1-2H3. The summed E-state index contributed by atoms with van der Waals surface area (Å²) in [5, 5.41) is 4.59. The van der Waals surface area contributed by atoms with Crippen LogP contribution >= 0.6 is 11.3 Å². The van der Waals surface area contributed by atoms with Gasteiger partial charge in [0.2, 0.25) is 0 Å². The van der Waals surface area contributed by atoms with Crippen LogP contribution in [0.5, 0.6) is 0 Å². The van der Waals surface area contributed by atoms with Crippen LogP contribution in [0.1, 0.15) is 22.0 Å². The molecule has 0 saturated carbocycles. The Balaban J connectivity index is 1.73. The highest BCUT2D eigenvalue weighted by Gasteiger charge is 2.10. The molecule has 0 radical (unpaired) electrons. The first kappa shape index (κ1) is 12.0. The molecule has 2 heterocycles. The van der Waals surface area contributed by atoms with Crippen molar-refractivity contribution in [3.05, 3.63) is 15.6 Å². The lowest BCUT2D eigenvalue weighted by molar-refractivity contribution is 0.239. The summed E-state index contributed by atoms with van der Waals surface area (Å²) < 4.78 is 0. The van der Waals surface area contributed by atoms with Gasteiger partial charge in [-0.2, -0.15) is 0 Å². The lowest BCUT2D eigenvalue weighted by atomic mass is 10.2. The second-order valence-corrected chi connectivity index (χ2v) is 5.72. The third-order valence-electron chi connectivity index (χ3n) is 3.09. The van der Waals surface area contributed by atoms with Crippen LogP contribution in [0.2, 0.25) is 0 Å². The van der Waals surface area contributed by atoms with Gasteiger partial charge in [0.05, 0.1) is 10.7 Å². The summed E-state index contributed by atoms with van der Waals surface area (Å²) in [7, 11) is 0. The average molecular weight is 239 g/mol. The molecule has 3 nitrogen and oxygen atoms in total. The predicted octanol–water partition coefficient (Wildman–Crippen LogP) is 1.60. The van der Waals surface area contributed by atoms with Crippen molar-refractivity contribution in [3.8, 4) is 0 Å². The molecule has 0 aliphatic carbocycles. The second kappa shape index (κ2) is 5.75. The molecular formula is C12H21N3S. The van der Waals surface area contributed by atoms with Gasteiger partial charge in [-0.05, 0) is 33.2 Å². The fourth-order valence-electron chi connectivity index (χ4n) is 2.20. The molecular weight excluding hydrogens is 218 g/mol. The van der Waals surface area contributed by atoms with E-state index < -0.39 is 0 Å². The highest BCUT2D eigenvalue weighted by molar-refractivity contribution is 7.11. The van der Waals surface area contributed by atoms with Crippen molar-refractivity contribution in [1.82, 2.24) is 15.2 Å². The van der Waals surface area contributed by atoms with E-state index in [1.165, 1.54) is 48.1 Å². The van der Waals surface area contributed by atoms with E-state index in [0.29, 0.717) is 0 Å². The van der Waals surface area contributed by atoms with Crippen LogP contribution in [-0.4, -0.2) is 42.6 Å². The summed E-state index contributed by atoms with van der Waals surface area (Å²) in [5.41, 5.74) is 1.24. The largest absolute Gasteiger partial charge is 0.314 e. The van der Waals surface area contributed by atoms with Crippen molar-refractivity contribution in [2.24, 2.45) is 0 Å². The smallest absolute Gasteiger partial charge is 0.0900 e. The summed E-state index contributed by atoms with van der Waals surface area (Å²) in [5.74, 6) is 0. The first-order chi connectivity index (χ1) is 7.75. The Kier molecular flexibility index (Phi) is 4.32. The zero-order valence-corrected chi connectivity index (χ0v) is 11.1. The molecule has 0 spiro atoms. The van der Waals surface area contributed by atoms with E-state index in [-0.39, 0.29) is 0 Å². The van der Waals surface area contributed by atoms with Crippen LogP contribution in [0.3, 0.4) is 0 Å². The Hall–Kier alpha value is -0.450. The van der Waals surface area contributed by atoms with Gasteiger partial charge >= 0.3 is 0 Å². The third-order valence-corrected chi connectivity index (χ3v) is 4.22. The maximum Gasteiger partial charge on any atom is 0.0900 e. The normalized spacial score (nSPS) is 17.9. The molecule has 1 aliphatic heterocycles. The molecule has 0 amide bonds. The number of rotatable bonds is 4. The number of hydrogen-bond acceptors (Lipinski definition) is 4. The summed E-state index contributed by atoms with van der Waals surface area (Å²) >= 11 is 1.86. The Bertz CT molecular complexity index is 329. The Morgan fingerprint density at radius 3 is 2.69 bits per heavy atom. The second-order valence-electron chi connectivity index (χ2n) is 4.44. The molecule has 16 heavy (non-hydrogen) atoms. The molecule has 0 unspecified atom stereocenters. The van der Waals surface area contributed by atoms with Gasteiger partial charge in [0, 0.05) is 31.1 Å². The van der Waals surface area contributed by atoms with Gasteiger partial charge in [-0.1, -0.05) is 0 Å². The van der Waals surface area contributed by atoms with E-state index in [2.05, 4.69) is 29.0 Å². The van der Waals surface area contributed by atoms with Crippen LogP contribution < -0.4 is 5.32 Å². The van der Waals surface area contributed by atoms with Gasteiger partial charge in [-0.25, -0.2) is 4.98 Å². The van der Waals surface area contributed by atoms with Crippen LogP contribution in [0.25, 0.3) is 0 Å². The molecule has 1 aliphatic rings. The quantitative estimate of drug-likeness (QED) is 0.865. The van der Waals surface area contributed by atoms with Crippen LogP contribution in [0, 0.1) is 13.8 Å². The number of aryl methyl sites for hydroxylation is 3.